The van der Waals surface area contributed by atoms with E-state index in [4.69, 9.17) is 10.8 Å². The van der Waals surface area contributed by atoms with E-state index in [0.29, 0.717) is 18.2 Å². The van der Waals surface area contributed by atoms with Gasteiger partial charge in [-0.25, -0.2) is 9.18 Å². The summed E-state index contributed by atoms with van der Waals surface area (Å²) in [7, 11) is 0. The predicted molar refractivity (Wildman–Crippen MR) is 65.7 cm³/mol. The maximum atomic E-state index is 13.2. The normalized spacial score (nSPS) is 10.6. The number of hydrogen-bond acceptors (Lipinski definition) is 3. The highest BCUT2D eigenvalue weighted by Crippen LogP contribution is 2.25. The zero-order chi connectivity index (χ0) is 13.0. The van der Waals surface area contributed by atoms with Gasteiger partial charge in [0.1, 0.15) is 11.4 Å². The Kier molecular flexibility index (Phi) is 4.31. The molecule has 5 heteroatoms. The van der Waals surface area contributed by atoms with Crippen LogP contribution in [0.1, 0.15) is 30.6 Å². The van der Waals surface area contributed by atoms with Gasteiger partial charge in [0.2, 0.25) is 0 Å². The van der Waals surface area contributed by atoms with Crippen molar-refractivity contribution in [1.82, 2.24) is 0 Å². The van der Waals surface area contributed by atoms with E-state index >= 15 is 0 Å². The predicted octanol–water partition coefficient (Wildman–Crippen LogP) is 2.56. The van der Waals surface area contributed by atoms with E-state index in [0.717, 1.165) is 6.42 Å². The van der Waals surface area contributed by atoms with Crippen molar-refractivity contribution in [2.75, 3.05) is 17.6 Å². The molecular weight excluding hydrogens is 223 g/mol. The number of anilines is 2. The Balaban J connectivity index is 2.91. The zero-order valence-electron chi connectivity index (χ0n) is 9.96. The van der Waals surface area contributed by atoms with Crippen molar-refractivity contribution in [3.63, 3.8) is 0 Å². The fourth-order valence-electron chi connectivity index (χ4n) is 1.47. The van der Waals surface area contributed by atoms with E-state index in [1.165, 1.54) is 12.1 Å². The SMILES string of the molecule is CC(C)CCNc1ccc(F)c(N)c1C(=O)O. The van der Waals surface area contributed by atoms with Gasteiger partial charge in [-0.05, 0) is 24.5 Å². The van der Waals surface area contributed by atoms with Crippen molar-refractivity contribution in [2.24, 2.45) is 5.92 Å². The number of nitrogens with one attached hydrogen (secondary N) is 1. The van der Waals surface area contributed by atoms with Gasteiger partial charge in [-0.2, -0.15) is 0 Å². The summed E-state index contributed by atoms with van der Waals surface area (Å²) in [5.41, 5.74) is 5.25. The quantitative estimate of drug-likeness (QED) is 0.691. The number of halogens is 1. The smallest absolute Gasteiger partial charge is 0.340 e. The van der Waals surface area contributed by atoms with Crippen LogP contribution in [0, 0.1) is 11.7 Å². The van der Waals surface area contributed by atoms with Gasteiger partial charge < -0.3 is 16.2 Å². The summed E-state index contributed by atoms with van der Waals surface area (Å²) in [4.78, 5) is 11.0. The van der Waals surface area contributed by atoms with Crippen LogP contribution in [0.5, 0.6) is 0 Å². The molecule has 0 radical (unpaired) electrons. The van der Waals surface area contributed by atoms with E-state index in [2.05, 4.69) is 19.2 Å². The molecule has 0 heterocycles. The van der Waals surface area contributed by atoms with Crippen LogP contribution in [0.15, 0.2) is 12.1 Å². The first-order valence-corrected chi connectivity index (χ1v) is 5.48. The molecule has 17 heavy (non-hydrogen) atoms. The molecule has 0 saturated heterocycles. The number of rotatable bonds is 5. The van der Waals surface area contributed by atoms with Gasteiger partial charge in [0, 0.05) is 6.54 Å². The fraction of sp³-hybridized carbons (Fsp3) is 0.417. The standard InChI is InChI=1S/C12H17FN2O2/c1-7(2)5-6-15-9-4-3-8(13)11(14)10(9)12(16)17/h3-4,7,15H,5-6,14H2,1-2H3,(H,16,17). The van der Waals surface area contributed by atoms with Crippen molar-refractivity contribution >= 4 is 17.3 Å². The molecule has 1 aromatic carbocycles. The third-order valence-corrected chi connectivity index (χ3v) is 2.44. The molecule has 0 spiro atoms. The Hall–Kier alpha value is -1.78. The Morgan fingerprint density at radius 2 is 2.18 bits per heavy atom. The monoisotopic (exact) mass is 240 g/mol. The van der Waals surface area contributed by atoms with E-state index in [1.54, 1.807) is 0 Å². The lowest BCUT2D eigenvalue weighted by Crippen LogP contribution is -2.12. The van der Waals surface area contributed by atoms with Crippen molar-refractivity contribution < 1.29 is 14.3 Å². The summed E-state index contributed by atoms with van der Waals surface area (Å²) >= 11 is 0. The lowest BCUT2D eigenvalue weighted by Gasteiger charge is -2.12. The summed E-state index contributed by atoms with van der Waals surface area (Å²) < 4.78 is 13.2. The molecule has 4 nitrogen and oxygen atoms in total. The van der Waals surface area contributed by atoms with Crippen LogP contribution in [-0.4, -0.2) is 17.6 Å². The summed E-state index contributed by atoms with van der Waals surface area (Å²) in [5, 5.41) is 12.0. The van der Waals surface area contributed by atoms with Gasteiger partial charge in [0.15, 0.2) is 0 Å². The summed E-state index contributed by atoms with van der Waals surface area (Å²) in [5.74, 6) is -1.43. The van der Waals surface area contributed by atoms with Crippen LogP contribution in [-0.2, 0) is 0 Å². The molecule has 0 aromatic heterocycles. The first-order valence-electron chi connectivity index (χ1n) is 5.48. The van der Waals surface area contributed by atoms with Gasteiger partial charge >= 0.3 is 5.97 Å². The Morgan fingerprint density at radius 3 is 2.71 bits per heavy atom. The van der Waals surface area contributed by atoms with Gasteiger partial charge in [-0.3, -0.25) is 0 Å². The molecule has 0 amide bonds. The Morgan fingerprint density at radius 1 is 1.53 bits per heavy atom. The van der Waals surface area contributed by atoms with Crippen molar-refractivity contribution in [3.05, 3.63) is 23.5 Å². The molecule has 0 aliphatic rings. The van der Waals surface area contributed by atoms with E-state index in [1.807, 2.05) is 0 Å². The second-order valence-electron chi connectivity index (χ2n) is 4.30. The summed E-state index contributed by atoms with van der Waals surface area (Å²) in [6, 6.07) is 2.56. The minimum atomic E-state index is -1.23. The van der Waals surface area contributed by atoms with Crippen molar-refractivity contribution in [1.29, 1.82) is 0 Å². The van der Waals surface area contributed by atoms with Gasteiger partial charge in [0.25, 0.3) is 0 Å². The molecular formula is C12H17FN2O2. The molecule has 0 aliphatic carbocycles. The maximum Gasteiger partial charge on any atom is 0.340 e. The second kappa shape index (κ2) is 5.52. The van der Waals surface area contributed by atoms with Crippen LogP contribution in [0.2, 0.25) is 0 Å². The lowest BCUT2D eigenvalue weighted by molar-refractivity contribution is 0.0698. The number of benzene rings is 1. The molecule has 1 rings (SSSR count). The van der Waals surface area contributed by atoms with Gasteiger partial charge in [0.05, 0.1) is 11.4 Å². The minimum absolute atomic E-state index is 0.200. The topological polar surface area (TPSA) is 75.3 Å². The van der Waals surface area contributed by atoms with Crippen LogP contribution in [0.3, 0.4) is 0 Å². The van der Waals surface area contributed by atoms with Gasteiger partial charge in [-0.15, -0.1) is 0 Å². The first kappa shape index (κ1) is 13.3. The minimum Gasteiger partial charge on any atom is -0.478 e. The van der Waals surface area contributed by atoms with Crippen molar-refractivity contribution in [2.45, 2.75) is 20.3 Å². The average Bonchev–Trinajstić information content (AvgIpc) is 2.22. The third-order valence-electron chi connectivity index (χ3n) is 2.44. The first-order chi connectivity index (χ1) is 7.93. The molecule has 0 atom stereocenters. The second-order valence-corrected chi connectivity index (χ2v) is 4.30. The highest BCUT2D eigenvalue weighted by atomic mass is 19.1. The van der Waals surface area contributed by atoms with E-state index < -0.39 is 11.8 Å². The molecule has 0 aliphatic heterocycles. The van der Waals surface area contributed by atoms with Crippen LogP contribution in [0.25, 0.3) is 0 Å². The number of nitrogens with two attached hydrogens (primary N) is 1. The molecule has 4 N–H and O–H groups in total. The maximum absolute atomic E-state index is 13.2. The molecule has 1 aromatic rings. The highest BCUT2D eigenvalue weighted by Gasteiger charge is 2.17. The molecule has 0 bridgehead atoms. The number of aromatic carboxylic acids is 1. The Bertz CT molecular complexity index is 419. The van der Waals surface area contributed by atoms with Crippen LogP contribution >= 0.6 is 0 Å². The number of carbonyl (C=O) groups is 1. The van der Waals surface area contributed by atoms with Gasteiger partial charge in [-0.1, -0.05) is 13.8 Å². The average molecular weight is 240 g/mol. The number of carboxylic acid groups (broad SMARTS) is 1. The number of nitrogen functional groups attached to an aromatic ring is 1. The summed E-state index contributed by atoms with van der Waals surface area (Å²) in [6.07, 6.45) is 0.899. The highest BCUT2D eigenvalue weighted by molar-refractivity contribution is 6.00. The molecule has 94 valence electrons. The van der Waals surface area contributed by atoms with E-state index in [9.17, 15) is 9.18 Å². The molecule has 0 unspecified atom stereocenters. The zero-order valence-corrected chi connectivity index (χ0v) is 9.96. The fourth-order valence-corrected chi connectivity index (χ4v) is 1.47. The summed E-state index contributed by atoms with van der Waals surface area (Å²) in [6.45, 7) is 4.76. The van der Waals surface area contributed by atoms with E-state index in [-0.39, 0.29) is 11.3 Å². The van der Waals surface area contributed by atoms with Crippen molar-refractivity contribution in [3.8, 4) is 0 Å². The third kappa shape index (κ3) is 3.34. The number of carboxylic acids is 1. The molecule has 0 fully saturated rings. The van der Waals surface area contributed by atoms with Crippen LogP contribution in [0.4, 0.5) is 15.8 Å². The molecule has 0 saturated carbocycles. The number of hydrogen-bond donors (Lipinski definition) is 3. The largest absolute Gasteiger partial charge is 0.478 e. The Labute approximate surface area is 99.6 Å². The lowest BCUT2D eigenvalue weighted by atomic mass is 10.1. The van der Waals surface area contributed by atoms with Crippen LogP contribution < -0.4 is 11.1 Å².